The van der Waals surface area contributed by atoms with Gasteiger partial charge < -0.3 is 35.6 Å². The normalized spacial score (nSPS) is 21.3. The fraction of sp³-hybridized carbons (Fsp3) is 0.562. The zero-order chi connectivity index (χ0) is 21.0. The molecule has 29 heavy (non-hydrogen) atoms. The van der Waals surface area contributed by atoms with Crippen LogP contribution in [0, 0.1) is 0 Å². The Hall–Kier alpha value is -1.98. The van der Waals surface area contributed by atoms with Crippen LogP contribution in [0.25, 0.3) is 0 Å². The Labute approximate surface area is 183 Å². The summed E-state index contributed by atoms with van der Waals surface area (Å²) in [7, 11) is 0. The Bertz CT molecular complexity index is 744. The smallest absolute Gasteiger partial charge is 0.548 e. The topological polar surface area (TPSA) is 182 Å². The summed E-state index contributed by atoms with van der Waals surface area (Å²) in [6, 6.07) is -2.08. The first-order valence-corrected chi connectivity index (χ1v) is 9.45. The standard InChI is InChI=1S/C16H21N3O8S.Zn/c1-7(20)27-5-8-6-28-14-11(13(22)19(14)12(8)16(25)26)18-10(21)4-2-3-9(17)15(23)24;/h9,11,14H,2-6,17H2,1H3,(H,18,21)(H,23,24)(H,25,26);/q;+2/p-2/t9?,11-,14-;/m1./s1. The number of aliphatic carboxylic acids is 2. The summed E-state index contributed by atoms with van der Waals surface area (Å²) in [5.74, 6) is -4.46. The van der Waals surface area contributed by atoms with Gasteiger partial charge in [-0.2, -0.15) is 0 Å². The molecule has 13 heteroatoms. The molecular weight excluding hydrogens is 460 g/mol. The molecule has 0 radical (unpaired) electrons. The van der Waals surface area contributed by atoms with E-state index in [4.69, 9.17) is 10.5 Å². The summed E-state index contributed by atoms with van der Waals surface area (Å²) in [5, 5.41) is 23.9. The zero-order valence-electron chi connectivity index (χ0n) is 15.7. The number of rotatable bonds is 9. The van der Waals surface area contributed by atoms with Crippen LogP contribution in [0.3, 0.4) is 0 Å². The number of carbonyl (C=O) groups excluding carboxylic acids is 5. The molecule has 1 unspecified atom stereocenters. The summed E-state index contributed by atoms with van der Waals surface area (Å²) in [6.07, 6.45) is 0.207. The Kier molecular flexibility index (Phi) is 9.25. The van der Waals surface area contributed by atoms with Gasteiger partial charge in [-0.3, -0.25) is 19.3 Å². The van der Waals surface area contributed by atoms with Crippen molar-refractivity contribution in [2.24, 2.45) is 5.73 Å². The van der Waals surface area contributed by atoms with E-state index >= 15 is 0 Å². The maximum absolute atomic E-state index is 12.4. The van der Waals surface area contributed by atoms with E-state index in [0.29, 0.717) is 0 Å². The average Bonchev–Trinajstić information content (AvgIpc) is 2.62. The van der Waals surface area contributed by atoms with Crippen LogP contribution in [0.2, 0.25) is 0 Å². The van der Waals surface area contributed by atoms with Gasteiger partial charge in [0, 0.05) is 30.7 Å². The number of carboxylic acid groups (broad SMARTS) is 2. The van der Waals surface area contributed by atoms with Crippen molar-refractivity contribution < 1.29 is 58.4 Å². The van der Waals surface area contributed by atoms with Crippen LogP contribution in [0.15, 0.2) is 11.3 Å². The molecule has 3 atom stereocenters. The van der Waals surface area contributed by atoms with Crippen LogP contribution in [0.4, 0.5) is 0 Å². The van der Waals surface area contributed by atoms with Crippen LogP contribution in [-0.2, 0) is 48.2 Å². The third kappa shape index (κ3) is 6.00. The van der Waals surface area contributed by atoms with Crippen molar-refractivity contribution in [2.75, 3.05) is 12.4 Å². The number of thioether (sulfide) groups is 1. The molecule has 2 aliphatic heterocycles. The average molecular weight is 479 g/mol. The van der Waals surface area contributed by atoms with Crippen LogP contribution < -0.4 is 21.3 Å². The molecule has 154 valence electrons. The van der Waals surface area contributed by atoms with Crippen molar-refractivity contribution in [1.82, 2.24) is 10.2 Å². The van der Waals surface area contributed by atoms with Gasteiger partial charge in [0.15, 0.2) is 0 Å². The van der Waals surface area contributed by atoms with Crippen molar-refractivity contribution in [3.05, 3.63) is 11.3 Å². The molecule has 1 saturated heterocycles. The molecule has 2 aliphatic rings. The predicted octanol–water partition coefficient (Wildman–Crippen LogP) is -3.80. The van der Waals surface area contributed by atoms with Crippen molar-refractivity contribution in [3.63, 3.8) is 0 Å². The quantitative estimate of drug-likeness (QED) is 0.189. The summed E-state index contributed by atoms with van der Waals surface area (Å²) in [5.41, 5.74) is 5.19. The predicted molar refractivity (Wildman–Crippen MR) is 90.5 cm³/mol. The largest absolute Gasteiger partial charge is 2.00 e. The van der Waals surface area contributed by atoms with E-state index < -0.39 is 47.2 Å². The van der Waals surface area contributed by atoms with Gasteiger partial charge in [-0.1, -0.05) is 0 Å². The van der Waals surface area contributed by atoms with Gasteiger partial charge in [0.1, 0.15) is 18.0 Å². The van der Waals surface area contributed by atoms with Gasteiger partial charge >= 0.3 is 25.4 Å². The van der Waals surface area contributed by atoms with Crippen LogP contribution in [0.1, 0.15) is 26.2 Å². The first-order chi connectivity index (χ1) is 13.1. The van der Waals surface area contributed by atoms with E-state index in [0.717, 1.165) is 4.90 Å². The van der Waals surface area contributed by atoms with E-state index in [1.165, 1.54) is 18.7 Å². The van der Waals surface area contributed by atoms with E-state index in [1.54, 1.807) is 0 Å². The number of ether oxygens (including phenoxy) is 1. The Morgan fingerprint density at radius 2 is 2.00 bits per heavy atom. The third-order valence-corrected chi connectivity index (χ3v) is 5.57. The SMILES string of the molecule is CC(=O)OCC1=C(C(=O)[O-])N2C(=O)[C@@H](NC(=O)CCCC(N)C(=O)[O-])[C@H]2SC1.[Zn+2]. The Morgan fingerprint density at radius 3 is 2.55 bits per heavy atom. The summed E-state index contributed by atoms with van der Waals surface area (Å²) in [4.78, 5) is 58.3. The summed E-state index contributed by atoms with van der Waals surface area (Å²) < 4.78 is 4.81. The molecule has 2 amide bonds. The van der Waals surface area contributed by atoms with Gasteiger partial charge in [-0.25, -0.2) is 0 Å². The van der Waals surface area contributed by atoms with Gasteiger partial charge in [0.2, 0.25) is 5.91 Å². The second-order valence-corrected chi connectivity index (χ2v) is 7.40. The third-order valence-electron chi connectivity index (χ3n) is 4.23. The number of nitrogens with one attached hydrogen (secondary N) is 1. The number of nitrogens with two attached hydrogens (primary N) is 1. The van der Waals surface area contributed by atoms with Crippen molar-refractivity contribution >= 4 is 41.5 Å². The van der Waals surface area contributed by atoms with Crippen molar-refractivity contribution in [1.29, 1.82) is 0 Å². The number of carbonyl (C=O) groups is 5. The first-order valence-electron chi connectivity index (χ1n) is 8.40. The number of fused-ring (bicyclic) bond motifs is 1. The number of amides is 2. The molecule has 0 aliphatic carbocycles. The van der Waals surface area contributed by atoms with Crippen molar-refractivity contribution in [3.8, 4) is 0 Å². The molecule has 2 heterocycles. The van der Waals surface area contributed by atoms with Gasteiger partial charge in [0.05, 0.1) is 17.6 Å². The fourth-order valence-electron chi connectivity index (χ4n) is 2.82. The molecular formula is C16H19N3O8SZn. The minimum absolute atomic E-state index is 0. The monoisotopic (exact) mass is 477 g/mol. The van der Waals surface area contributed by atoms with Crippen LogP contribution in [0.5, 0.6) is 0 Å². The molecule has 11 nitrogen and oxygen atoms in total. The number of carboxylic acids is 2. The minimum Gasteiger partial charge on any atom is -0.548 e. The number of nitrogens with zero attached hydrogens (tertiary/aromatic N) is 1. The Balaban J connectivity index is 0.00000420. The number of hydrogen-bond donors (Lipinski definition) is 2. The molecule has 0 aromatic rings. The van der Waals surface area contributed by atoms with Gasteiger partial charge in [-0.05, 0) is 12.8 Å². The maximum Gasteiger partial charge on any atom is 2.00 e. The number of β-lactam (4-membered cyclic amide) rings is 1. The maximum atomic E-state index is 12.4. The minimum atomic E-state index is -1.57. The molecule has 3 N–H and O–H groups in total. The number of hydrogen-bond acceptors (Lipinski definition) is 10. The van der Waals surface area contributed by atoms with Crippen LogP contribution >= 0.6 is 11.8 Å². The zero-order valence-corrected chi connectivity index (χ0v) is 19.5. The molecule has 0 aromatic carbocycles. The van der Waals surface area contributed by atoms with E-state index in [9.17, 15) is 34.2 Å². The fourth-order valence-corrected chi connectivity index (χ4v) is 4.14. The van der Waals surface area contributed by atoms with Crippen LogP contribution in [-0.4, -0.2) is 64.4 Å². The Morgan fingerprint density at radius 1 is 1.34 bits per heavy atom. The molecule has 0 aromatic heterocycles. The molecule has 0 bridgehead atoms. The molecule has 0 saturated carbocycles. The second kappa shape index (κ2) is 10.7. The first kappa shape index (κ1) is 25.1. The number of esters is 1. The van der Waals surface area contributed by atoms with E-state index in [2.05, 4.69) is 5.32 Å². The summed E-state index contributed by atoms with van der Waals surface area (Å²) in [6.45, 7) is 0.913. The van der Waals surface area contributed by atoms with E-state index in [-0.39, 0.29) is 62.4 Å². The molecule has 1 fully saturated rings. The second-order valence-electron chi connectivity index (χ2n) is 6.29. The summed E-state index contributed by atoms with van der Waals surface area (Å²) >= 11 is 1.22. The van der Waals surface area contributed by atoms with E-state index in [1.807, 2.05) is 0 Å². The molecule has 2 rings (SSSR count). The molecule has 0 spiro atoms. The van der Waals surface area contributed by atoms with Gasteiger partial charge in [0.25, 0.3) is 5.91 Å². The van der Waals surface area contributed by atoms with Crippen molar-refractivity contribution in [2.45, 2.75) is 43.6 Å². The van der Waals surface area contributed by atoms with Gasteiger partial charge in [-0.15, -0.1) is 11.8 Å².